The lowest BCUT2D eigenvalue weighted by Gasteiger charge is -2.14. The van der Waals surface area contributed by atoms with E-state index in [0.717, 1.165) is 0 Å². The number of hydrogen-bond donors (Lipinski definition) is 2. The molecular formula is C13H16Cl2N2O3. The minimum atomic E-state index is -0.675. The monoisotopic (exact) mass is 318 g/mol. The Bertz CT molecular complexity index is 495. The van der Waals surface area contributed by atoms with Gasteiger partial charge in [0.1, 0.15) is 6.04 Å². The third-order valence-corrected chi connectivity index (χ3v) is 3.07. The Hall–Kier alpha value is -1.30. The van der Waals surface area contributed by atoms with Gasteiger partial charge in [-0.25, -0.2) is 0 Å². The Morgan fingerprint density at radius 3 is 2.65 bits per heavy atom. The molecule has 0 heterocycles. The molecule has 2 N–H and O–H groups in total. The van der Waals surface area contributed by atoms with Crippen LogP contribution in [0.25, 0.3) is 0 Å². The van der Waals surface area contributed by atoms with Gasteiger partial charge < -0.3 is 15.4 Å². The Kier molecular flexibility index (Phi) is 6.78. The van der Waals surface area contributed by atoms with Crippen molar-refractivity contribution in [3.05, 3.63) is 33.8 Å². The average Bonchev–Trinajstić information content (AvgIpc) is 2.38. The molecule has 0 spiro atoms. The van der Waals surface area contributed by atoms with E-state index in [4.69, 9.17) is 27.9 Å². The number of methoxy groups -OCH3 is 1. The minimum absolute atomic E-state index is 0.238. The topological polar surface area (TPSA) is 67.4 Å². The number of ether oxygens (including phenoxy) is 1. The van der Waals surface area contributed by atoms with E-state index in [1.165, 1.54) is 12.1 Å². The first-order chi connectivity index (χ1) is 9.45. The zero-order valence-corrected chi connectivity index (χ0v) is 12.7. The van der Waals surface area contributed by atoms with Crippen molar-refractivity contribution in [3.63, 3.8) is 0 Å². The van der Waals surface area contributed by atoms with Gasteiger partial charge in [-0.1, -0.05) is 23.2 Å². The van der Waals surface area contributed by atoms with Crippen molar-refractivity contribution in [2.75, 3.05) is 20.3 Å². The summed E-state index contributed by atoms with van der Waals surface area (Å²) < 4.78 is 4.82. The molecule has 1 aromatic rings. The summed E-state index contributed by atoms with van der Waals surface area (Å²) in [6, 6.07) is 3.87. The molecule has 5 nitrogen and oxygen atoms in total. The summed E-state index contributed by atoms with van der Waals surface area (Å²) in [5, 5.41) is 5.87. The molecule has 0 bridgehead atoms. The lowest BCUT2D eigenvalue weighted by molar-refractivity contribution is -0.122. The number of nitrogens with one attached hydrogen (secondary N) is 2. The molecule has 0 aromatic heterocycles. The number of hydrogen-bond acceptors (Lipinski definition) is 3. The van der Waals surface area contributed by atoms with E-state index in [9.17, 15) is 9.59 Å². The van der Waals surface area contributed by atoms with E-state index in [2.05, 4.69) is 10.6 Å². The highest BCUT2D eigenvalue weighted by atomic mass is 35.5. The van der Waals surface area contributed by atoms with Gasteiger partial charge in [-0.2, -0.15) is 0 Å². The predicted octanol–water partition coefficient (Wildman–Crippen LogP) is 1.87. The van der Waals surface area contributed by atoms with Crippen LogP contribution in [-0.4, -0.2) is 38.1 Å². The number of benzene rings is 1. The number of halogens is 2. The molecule has 0 saturated heterocycles. The maximum atomic E-state index is 12.0. The van der Waals surface area contributed by atoms with Crippen molar-refractivity contribution in [1.29, 1.82) is 0 Å². The zero-order valence-electron chi connectivity index (χ0n) is 11.2. The van der Waals surface area contributed by atoms with Crippen molar-refractivity contribution in [3.8, 4) is 0 Å². The maximum absolute atomic E-state index is 12.0. The van der Waals surface area contributed by atoms with Gasteiger partial charge in [0.05, 0.1) is 17.2 Å². The first kappa shape index (κ1) is 16.8. The molecule has 0 fully saturated rings. The number of carbonyl (C=O) groups is 2. The number of carbonyl (C=O) groups excluding carboxylic acids is 2. The quantitative estimate of drug-likeness (QED) is 0.787. The molecule has 0 radical (unpaired) electrons. The minimum Gasteiger partial charge on any atom is -0.383 e. The molecule has 0 aliphatic carbocycles. The molecule has 1 atom stereocenters. The van der Waals surface area contributed by atoms with E-state index < -0.39 is 11.9 Å². The smallest absolute Gasteiger partial charge is 0.253 e. The van der Waals surface area contributed by atoms with Crippen molar-refractivity contribution in [1.82, 2.24) is 10.6 Å². The van der Waals surface area contributed by atoms with Gasteiger partial charge in [-0.3, -0.25) is 9.59 Å². The van der Waals surface area contributed by atoms with Gasteiger partial charge >= 0.3 is 0 Å². The molecule has 1 unspecified atom stereocenters. The van der Waals surface area contributed by atoms with Gasteiger partial charge in [0.2, 0.25) is 5.91 Å². The first-order valence-electron chi connectivity index (χ1n) is 5.98. The van der Waals surface area contributed by atoms with Crippen LogP contribution in [0.3, 0.4) is 0 Å². The highest BCUT2D eigenvalue weighted by Gasteiger charge is 2.17. The van der Waals surface area contributed by atoms with Gasteiger partial charge in [-0.05, 0) is 25.1 Å². The molecule has 20 heavy (non-hydrogen) atoms. The van der Waals surface area contributed by atoms with E-state index in [0.29, 0.717) is 18.2 Å². The third kappa shape index (κ3) is 5.00. The Balaban J connectivity index is 2.58. The van der Waals surface area contributed by atoms with Gasteiger partial charge in [0.25, 0.3) is 5.91 Å². The summed E-state index contributed by atoms with van der Waals surface area (Å²) in [5.74, 6) is -0.721. The molecular weight excluding hydrogens is 303 g/mol. The molecule has 0 aliphatic heterocycles. The molecule has 0 saturated carbocycles. The summed E-state index contributed by atoms with van der Waals surface area (Å²) in [6.45, 7) is 2.39. The lowest BCUT2D eigenvalue weighted by Crippen LogP contribution is -2.45. The van der Waals surface area contributed by atoms with Crippen molar-refractivity contribution < 1.29 is 14.3 Å². The molecule has 1 rings (SSSR count). The highest BCUT2D eigenvalue weighted by Crippen LogP contribution is 2.20. The van der Waals surface area contributed by atoms with E-state index >= 15 is 0 Å². The predicted molar refractivity (Wildman–Crippen MR) is 78.3 cm³/mol. The fourth-order valence-electron chi connectivity index (χ4n) is 1.44. The zero-order chi connectivity index (χ0) is 15.1. The highest BCUT2D eigenvalue weighted by molar-refractivity contribution is 6.36. The fourth-order valence-corrected chi connectivity index (χ4v) is 1.94. The van der Waals surface area contributed by atoms with E-state index in [1.807, 2.05) is 0 Å². The Labute approximate surface area is 127 Å². The van der Waals surface area contributed by atoms with E-state index in [1.54, 1.807) is 20.1 Å². The summed E-state index contributed by atoms with van der Waals surface area (Å²) >= 11 is 11.7. The summed E-state index contributed by atoms with van der Waals surface area (Å²) in [7, 11) is 1.54. The summed E-state index contributed by atoms with van der Waals surface area (Å²) in [5.41, 5.74) is 0.271. The van der Waals surface area contributed by atoms with Crippen LogP contribution < -0.4 is 10.6 Å². The average molecular weight is 319 g/mol. The molecule has 110 valence electrons. The Morgan fingerprint density at radius 2 is 2.05 bits per heavy atom. The maximum Gasteiger partial charge on any atom is 0.253 e. The summed E-state index contributed by atoms with van der Waals surface area (Å²) in [4.78, 5) is 23.7. The SMILES string of the molecule is COCCNC(=O)C(C)NC(=O)c1ccc(Cl)cc1Cl. The van der Waals surface area contributed by atoms with Gasteiger partial charge in [0, 0.05) is 18.7 Å². The number of rotatable bonds is 6. The van der Waals surface area contributed by atoms with Crippen LogP contribution in [0.5, 0.6) is 0 Å². The standard InChI is InChI=1S/C13H16Cl2N2O3/c1-8(12(18)16-5-6-20-2)17-13(19)10-4-3-9(14)7-11(10)15/h3-4,7-8H,5-6H2,1-2H3,(H,16,18)(H,17,19). The largest absolute Gasteiger partial charge is 0.383 e. The van der Waals surface area contributed by atoms with E-state index in [-0.39, 0.29) is 16.5 Å². The van der Waals surface area contributed by atoms with Crippen LogP contribution >= 0.6 is 23.2 Å². The molecule has 7 heteroatoms. The van der Waals surface area contributed by atoms with Crippen molar-refractivity contribution >= 4 is 35.0 Å². The van der Waals surface area contributed by atoms with Crippen LogP contribution in [0.1, 0.15) is 17.3 Å². The molecule has 0 aliphatic rings. The Morgan fingerprint density at radius 1 is 1.35 bits per heavy atom. The fraction of sp³-hybridized carbons (Fsp3) is 0.385. The van der Waals surface area contributed by atoms with Crippen LogP contribution in [-0.2, 0) is 9.53 Å². The third-order valence-electron chi connectivity index (χ3n) is 2.52. The molecule has 2 amide bonds. The van der Waals surface area contributed by atoms with Crippen molar-refractivity contribution in [2.45, 2.75) is 13.0 Å². The van der Waals surface area contributed by atoms with Crippen LogP contribution in [0.2, 0.25) is 10.0 Å². The second-order valence-corrected chi connectivity index (χ2v) is 4.95. The van der Waals surface area contributed by atoms with Gasteiger partial charge in [0.15, 0.2) is 0 Å². The first-order valence-corrected chi connectivity index (χ1v) is 6.74. The second-order valence-electron chi connectivity index (χ2n) is 4.10. The lowest BCUT2D eigenvalue weighted by atomic mass is 10.2. The summed E-state index contributed by atoms with van der Waals surface area (Å²) in [6.07, 6.45) is 0. The molecule has 1 aromatic carbocycles. The second kappa shape index (κ2) is 8.09. The van der Waals surface area contributed by atoms with Crippen molar-refractivity contribution in [2.24, 2.45) is 0 Å². The van der Waals surface area contributed by atoms with Gasteiger partial charge in [-0.15, -0.1) is 0 Å². The van der Waals surface area contributed by atoms with Crippen LogP contribution in [0.15, 0.2) is 18.2 Å². The number of amides is 2. The normalized spacial score (nSPS) is 11.8. The van der Waals surface area contributed by atoms with Crippen LogP contribution in [0.4, 0.5) is 0 Å². The van der Waals surface area contributed by atoms with Crippen LogP contribution in [0, 0.1) is 0 Å².